The normalized spacial score (nSPS) is 10.3. The van der Waals surface area contributed by atoms with Gasteiger partial charge in [-0.1, -0.05) is 0 Å². The number of methoxy groups -OCH3 is 1. The summed E-state index contributed by atoms with van der Waals surface area (Å²) in [4.78, 5) is 29.6. The molecule has 0 saturated heterocycles. The van der Waals surface area contributed by atoms with Crippen molar-refractivity contribution in [2.45, 2.75) is 19.4 Å². The standard InChI is InChI=1S/C15H20N6O4S/c1-25-11(22)8-21-13(23)10(19-15(21)24)5-3-7-18-14(26)20-12-9(16)4-2-6-17-12/h2,4,6,23H,3,5,7-8,16H2,1H3,(H,19,24)(H2,17,18,20,26). The molecule has 0 unspecified atom stereocenters. The van der Waals surface area contributed by atoms with Gasteiger partial charge in [-0.15, -0.1) is 0 Å². The number of rotatable bonds is 7. The number of H-pyrrole nitrogens is 1. The van der Waals surface area contributed by atoms with Crippen molar-refractivity contribution in [2.75, 3.05) is 24.7 Å². The number of carbonyl (C=O) groups excluding carboxylic acids is 1. The molecule has 2 heterocycles. The predicted molar refractivity (Wildman–Crippen MR) is 99.9 cm³/mol. The van der Waals surface area contributed by atoms with Crippen molar-refractivity contribution in [3.05, 3.63) is 34.5 Å². The van der Waals surface area contributed by atoms with E-state index >= 15 is 0 Å². The van der Waals surface area contributed by atoms with Crippen LogP contribution in [0.1, 0.15) is 12.1 Å². The summed E-state index contributed by atoms with van der Waals surface area (Å²) >= 11 is 5.16. The van der Waals surface area contributed by atoms with Crippen LogP contribution in [-0.4, -0.2) is 44.4 Å². The molecule has 0 saturated carbocycles. The minimum absolute atomic E-state index is 0.276. The first-order valence-corrected chi connectivity index (χ1v) is 8.16. The summed E-state index contributed by atoms with van der Waals surface area (Å²) in [5, 5.41) is 16.3. The van der Waals surface area contributed by atoms with Crippen LogP contribution < -0.4 is 22.1 Å². The number of anilines is 2. The first-order valence-electron chi connectivity index (χ1n) is 7.75. The Kier molecular flexibility index (Phi) is 6.55. The zero-order valence-corrected chi connectivity index (χ0v) is 14.9. The highest BCUT2D eigenvalue weighted by atomic mass is 32.1. The van der Waals surface area contributed by atoms with Crippen molar-refractivity contribution in [3.63, 3.8) is 0 Å². The summed E-state index contributed by atoms with van der Waals surface area (Å²) < 4.78 is 5.41. The molecule has 2 aromatic rings. The van der Waals surface area contributed by atoms with E-state index in [1.54, 1.807) is 18.3 Å². The molecule has 0 amide bonds. The molecule has 0 fully saturated rings. The van der Waals surface area contributed by atoms with Gasteiger partial charge in [0.1, 0.15) is 6.54 Å². The first kappa shape index (κ1) is 19.2. The fourth-order valence-electron chi connectivity index (χ4n) is 2.17. The summed E-state index contributed by atoms with van der Waals surface area (Å²) in [6.45, 7) is 0.137. The number of pyridine rings is 1. The molecule has 140 valence electrons. The monoisotopic (exact) mass is 380 g/mol. The van der Waals surface area contributed by atoms with Gasteiger partial charge in [-0.25, -0.2) is 9.78 Å². The number of ether oxygens (including phenoxy) is 1. The number of nitrogens with one attached hydrogen (secondary N) is 3. The molecule has 10 nitrogen and oxygen atoms in total. The minimum Gasteiger partial charge on any atom is -0.493 e. The topological polar surface area (TPSA) is 147 Å². The summed E-state index contributed by atoms with van der Waals surface area (Å²) in [5.41, 5.74) is 6.02. The average molecular weight is 380 g/mol. The minimum atomic E-state index is -0.625. The van der Waals surface area contributed by atoms with E-state index in [2.05, 4.69) is 25.3 Å². The third kappa shape index (κ3) is 4.96. The van der Waals surface area contributed by atoms with Gasteiger partial charge >= 0.3 is 11.7 Å². The van der Waals surface area contributed by atoms with Gasteiger partial charge in [-0.3, -0.25) is 9.36 Å². The first-order chi connectivity index (χ1) is 12.4. The highest BCUT2D eigenvalue weighted by molar-refractivity contribution is 7.80. The van der Waals surface area contributed by atoms with Crippen LogP contribution in [0.5, 0.6) is 5.88 Å². The second-order valence-corrected chi connectivity index (χ2v) is 5.73. The number of carbonyl (C=O) groups is 1. The molecular formula is C15H20N6O4S. The van der Waals surface area contributed by atoms with Gasteiger partial charge in [-0.05, 0) is 37.2 Å². The van der Waals surface area contributed by atoms with E-state index in [1.807, 2.05) is 0 Å². The van der Waals surface area contributed by atoms with E-state index < -0.39 is 11.7 Å². The van der Waals surface area contributed by atoms with Gasteiger partial charge in [0.15, 0.2) is 10.9 Å². The number of aryl methyl sites for hydroxylation is 1. The van der Waals surface area contributed by atoms with Crippen LogP contribution in [0, 0.1) is 0 Å². The summed E-state index contributed by atoms with van der Waals surface area (Å²) in [7, 11) is 1.21. The lowest BCUT2D eigenvalue weighted by molar-refractivity contribution is -0.141. The van der Waals surface area contributed by atoms with Crippen LogP contribution in [0.4, 0.5) is 11.5 Å². The number of aromatic amines is 1. The van der Waals surface area contributed by atoms with Crippen molar-refractivity contribution in [3.8, 4) is 5.88 Å². The number of esters is 1. The molecule has 0 spiro atoms. The molecule has 0 atom stereocenters. The number of nitrogen functional groups attached to an aromatic ring is 1. The molecule has 0 aliphatic carbocycles. The van der Waals surface area contributed by atoms with Crippen LogP contribution in [0.3, 0.4) is 0 Å². The van der Waals surface area contributed by atoms with Crippen molar-refractivity contribution in [1.82, 2.24) is 19.9 Å². The largest absolute Gasteiger partial charge is 0.493 e. The Balaban J connectivity index is 1.82. The van der Waals surface area contributed by atoms with Gasteiger partial charge in [-0.2, -0.15) is 0 Å². The fraction of sp³-hybridized carbons (Fsp3) is 0.333. The smallest absolute Gasteiger partial charge is 0.329 e. The maximum Gasteiger partial charge on any atom is 0.329 e. The number of imidazole rings is 1. The second-order valence-electron chi connectivity index (χ2n) is 5.32. The van der Waals surface area contributed by atoms with Crippen LogP contribution in [0.15, 0.2) is 23.1 Å². The zero-order valence-electron chi connectivity index (χ0n) is 14.1. The Morgan fingerprint density at radius 1 is 1.54 bits per heavy atom. The Labute approximate surface area is 154 Å². The Bertz CT molecular complexity index is 847. The third-order valence-electron chi connectivity index (χ3n) is 3.50. The lowest BCUT2D eigenvalue weighted by Gasteiger charge is -2.11. The highest BCUT2D eigenvalue weighted by Gasteiger charge is 2.15. The molecule has 0 aliphatic heterocycles. The number of thiocarbonyl (C=S) groups is 1. The van der Waals surface area contributed by atoms with E-state index in [9.17, 15) is 14.7 Å². The maximum absolute atomic E-state index is 11.8. The summed E-state index contributed by atoms with van der Waals surface area (Å²) in [6.07, 6.45) is 2.56. The molecule has 26 heavy (non-hydrogen) atoms. The molecule has 2 aromatic heterocycles. The van der Waals surface area contributed by atoms with Gasteiger partial charge in [0.05, 0.1) is 18.5 Å². The third-order valence-corrected chi connectivity index (χ3v) is 3.75. The number of nitrogens with two attached hydrogens (primary N) is 1. The predicted octanol–water partition coefficient (Wildman–Crippen LogP) is -0.0486. The molecular weight excluding hydrogens is 360 g/mol. The Morgan fingerprint density at radius 3 is 3.00 bits per heavy atom. The Hall–Kier alpha value is -3.08. The number of hydrogen-bond donors (Lipinski definition) is 5. The molecule has 2 rings (SSSR count). The molecule has 0 bridgehead atoms. The fourth-order valence-corrected chi connectivity index (χ4v) is 2.37. The van der Waals surface area contributed by atoms with Crippen molar-refractivity contribution in [1.29, 1.82) is 0 Å². The molecule has 6 N–H and O–H groups in total. The average Bonchev–Trinajstić information content (AvgIpc) is 2.88. The van der Waals surface area contributed by atoms with Crippen LogP contribution in [-0.2, 0) is 22.5 Å². The molecule has 0 aromatic carbocycles. The van der Waals surface area contributed by atoms with Gasteiger partial charge < -0.3 is 31.2 Å². The number of nitrogens with zero attached hydrogens (tertiary/aromatic N) is 2. The van der Waals surface area contributed by atoms with Gasteiger partial charge in [0.2, 0.25) is 5.88 Å². The van der Waals surface area contributed by atoms with Gasteiger partial charge in [0.25, 0.3) is 0 Å². The molecule has 0 aliphatic rings. The Morgan fingerprint density at radius 2 is 2.31 bits per heavy atom. The zero-order chi connectivity index (χ0) is 19.1. The van der Waals surface area contributed by atoms with E-state index in [-0.39, 0.29) is 12.4 Å². The van der Waals surface area contributed by atoms with Crippen LogP contribution in [0.25, 0.3) is 0 Å². The van der Waals surface area contributed by atoms with E-state index in [4.69, 9.17) is 18.0 Å². The highest BCUT2D eigenvalue weighted by Crippen LogP contribution is 2.14. The van der Waals surface area contributed by atoms with E-state index in [1.165, 1.54) is 7.11 Å². The van der Waals surface area contributed by atoms with Crippen molar-refractivity contribution >= 4 is 34.8 Å². The van der Waals surface area contributed by atoms with E-state index in [0.717, 1.165) is 4.57 Å². The summed E-state index contributed by atoms with van der Waals surface area (Å²) in [6, 6.07) is 3.42. The quantitative estimate of drug-likeness (QED) is 0.253. The number of hydrogen-bond acceptors (Lipinski definition) is 7. The molecule has 11 heteroatoms. The van der Waals surface area contributed by atoms with Crippen LogP contribution >= 0.6 is 12.2 Å². The molecule has 0 radical (unpaired) electrons. The lowest BCUT2D eigenvalue weighted by atomic mass is 10.2. The second kappa shape index (κ2) is 8.85. The SMILES string of the molecule is COC(=O)Cn1c(O)c(CCCNC(=S)Nc2ncccc2N)[nH]c1=O. The number of aromatic nitrogens is 3. The number of aromatic hydroxyl groups is 1. The van der Waals surface area contributed by atoms with Crippen molar-refractivity contribution < 1.29 is 14.6 Å². The maximum atomic E-state index is 11.8. The lowest BCUT2D eigenvalue weighted by Crippen LogP contribution is -2.30. The van der Waals surface area contributed by atoms with Crippen molar-refractivity contribution in [2.24, 2.45) is 0 Å². The summed E-state index contributed by atoms with van der Waals surface area (Å²) in [5.74, 6) is -0.436. The van der Waals surface area contributed by atoms with E-state index in [0.29, 0.717) is 41.7 Å². The van der Waals surface area contributed by atoms with Gasteiger partial charge in [0, 0.05) is 12.7 Å². The van der Waals surface area contributed by atoms with Crippen LogP contribution in [0.2, 0.25) is 0 Å².